The third kappa shape index (κ3) is 3.89. The highest BCUT2D eigenvalue weighted by Gasteiger charge is 2.14. The van der Waals surface area contributed by atoms with Crippen LogP contribution in [0.25, 0.3) is 0 Å². The quantitative estimate of drug-likeness (QED) is 0.869. The van der Waals surface area contributed by atoms with Gasteiger partial charge in [0, 0.05) is 13.0 Å². The van der Waals surface area contributed by atoms with Crippen LogP contribution in [0.2, 0.25) is 0 Å². The van der Waals surface area contributed by atoms with Crippen LogP contribution in [0.5, 0.6) is 11.5 Å². The first-order valence-electron chi connectivity index (χ1n) is 7.36. The van der Waals surface area contributed by atoms with E-state index in [0.717, 1.165) is 30.8 Å². The summed E-state index contributed by atoms with van der Waals surface area (Å²) in [6, 6.07) is 4.05. The molecule has 1 aliphatic heterocycles. The van der Waals surface area contributed by atoms with Crippen molar-refractivity contribution in [3.63, 3.8) is 0 Å². The molecule has 0 spiro atoms. The number of hydrogen-bond acceptors (Lipinski definition) is 3. The molecule has 4 heteroatoms. The molecule has 1 aromatic rings. The van der Waals surface area contributed by atoms with E-state index in [9.17, 15) is 4.79 Å². The summed E-state index contributed by atoms with van der Waals surface area (Å²) < 4.78 is 11.1. The number of fused-ring (bicyclic) bond motifs is 1. The van der Waals surface area contributed by atoms with E-state index in [1.807, 2.05) is 12.1 Å². The number of aryl methyl sites for hydroxylation is 1. The first-order chi connectivity index (χ1) is 9.70. The predicted molar refractivity (Wildman–Crippen MR) is 78.4 cm³/mol. The molecule has 0 saturated carbocycles. The van der Waals surface area contributed by atoms with E-state index in [1.165, 1.54) is 11.1 Å². The van der Waals surface area contributed by atoms with Gasteiger partial charge >= 0.3 is 0 Å². The number of hydrogen-bond donors (Lipinski definition) is 1. The fraction of sp³-hybridized carbons (Fsp3) is 0.562. The largest absolute Gasteiger partial charge is 0.486 e. The van der Waals surface area contributed by atoms with Gasteiger partial charge in [0.15, 0.2) is 11.5 Å². The summed E-state index contributed by atoms with van der Waals surface area (Å²) >= 11 is 0. The third-order valence-corrected chi connectivity index (χ3v) is 3.47. The van der Waals surface area contributed by atoms with Gasteiger partial charge in [-0.3, -0.25) is 4.79 Å². The van der Waals surface area contributed by atoms with Gasteiger partial charge in [-0.25, -0.2) is 0 Å². The van der Waals surface area contributed by atoms with Crippen LogP contribution in [0.3, 0.4) is 0 Å². The van der Waals surface area contributed by atoms with Crippen LogP contribution in [0, 0.1) is 6.92 Å². The molecule has 110 valence electrons. The summed E-state index contributed by atoms with van der Waals surface area (Å²) in [5.41, 5.74) is 2.38. The zero-order valence-corrected chi connectivity index (χ0v) is 12.3. The molecule has 1 aromatic carbocycles. The molecule has 0 saturated heterocycles. The molecule has 1 heterocycles. The van der Waals surface area contributed by atoms with E-state index in [4.69, 9.17) is 9.47 Å². The number of carbonyl (C=O) groups excluding carboxylic acids is 1. The standard InChI is InChI=1S/C16H23NO3/c1-3-4-5-16(18)17-7-6-13-11-15-14(10-12(13)2)19-8-9-20-15/h10-11H,3-9H2,1-2H3,(H,17,18). The maximum atomic E-state index is 11.6. The van der Waals surface area contributed by atoms with Gasteiger partial charge in [0.2, 0.25) is 5.91 Å². The number of carbonyl (C=O) groups is 1. The third-order valence-electron chi connectivity index (χ3n) is 3.47. The lowest BCUT2D eigenvalue weighted by atomic mass is 10.0. The van der Waals surface area contributed by atoms with Gasteiger partial charge in [0.1, 0.15) is 13.2 Å². The number of rotatable bonds is 6. The molecule has 1 N–H and O–H groups in total. The molecule has 0 fully saturated rings. The highest BCUT2D eigenvalue weighted by molar-refractivity contribution is 5.75. The van der Waals surface area contributed by atoms with Crippen molar-refractivity contribution >= 4 is 5.91 Å². The highest BCUT2D eigenvalue weighted by atomic mass is 16.6. The van der Waals surface area contributed by atoms with Crippen molar-refractivity contribution in [2.24, 2.45) is 0 Å². The fourth-order valence-electron chi connectivity index (χ4n) is 2.26. The normalized spacial score (nSPS) is 13.1. The molecule has 20 heavy (non-hydrogen) atoms. The summed E-state index contributed by atoms with van der Waals surface area (Å²) in [7, 11) is 0. The van der Waals surface area contributed by atoms with Gasteiger partial charge in [0.05, 0.1) is 0 Å². The average Bonchev–Trinajstić information content (AvgIpc) is 2.45. The highest BCUT2D eigenvalue weighted by Crippen LogP contribution is 2.33. The fourth-order valence-corrected chi connectivity index (χ4v) is 2.26. The van der Waals surface area contributed by atoms with Crippen molar-refractivity contribution in [1.82, 2.24) is 5.32 Å². The molecule has 2 rings (SSSR count). The van der Waals surface area contributed by atoms with Crippen LogP contribution in [0.15, 0.2) is 12.1 Å². The molecule has 1 amide bonds. The number of unbranched alkanes of at least 4 members (excludes halogenated alkanes) is 1. The predicted octanol–water partition coefficient (Wildman–Crippen LogP) is 2.62. The van der Waals surface area contributed by atoms with Crippen LogP contribution in [-0.2, 0) is 11.2 Å². The average molecular weight is 277 g/mol. The van der Waals surface area contributed by atoms with Gasteiger partial charge in [-0.2, -0.15) is 0 Å². The lowest BCUT2D eigenvalue weighted by Gasteiger charge is -2.20. The minimum Gasteiger partial charge on any atom is -0.486 e. The second-order valence-electron chi connectivity index (χ2n) is 5.13. The van der Waals surface area contributed by atoms with Gasteiger partial charge in [-0.15, -0.1) is 0 Å². The van der Waals surface area contributed by atoms with E-state index in [-0.39, 0.29) is 5.91 Å². The van der Waals surface area contributed by atoms with Crippen molar-refractivity contribution in [2.75, 3.05) is 19.8 Å². The van der Waals surface area contributed by atoms with Crippen LogP contribution < -0.4 is 14.8 Å². The summed E-state index contributed by atoms with van der Waals surface area (Å²) in [4.78, 5) is 11.6. The second kappa shape index (κ2) is 7.17. The maximum absolute atomic E-state index is 11.6. The Kier molecular flexibility index (Phi) is 5.27. The van der Waals surface area contributed by atoms with Gasteiger partial charge < -0.3 is 14.8 Å². The number of amides is 1. The SMILES string of the molecule is CCCCC(=O)NCCc1cc2c(cc1C)OCCO2. The van der Waals surface area contributed by atoms with Crippen LogP contribution >= 0.6 is 0 Å². The lowest BCUT2D eigenvalue weighted by Crippen LogP contribution is -2.25. The summed E-state index contributed by atoms with van der Waals surface area (Å²) in [6.07, 6.45) is 3.44. The van der Waals surface area contributed by atoms with E-state index < -0.39 is 0 Å². The summed E-state index contributed by atoms with van der Waals surface area (Å²) in [5, 5.41) is 2.96. The molecule has 0 radical (unpaired) electrons. The summed E-state index contributed by atoms with van der Waals surface area (Å²) in [5.74, 6) is 1.78. The van der Waals surface area contributed by atoms with E-state index >= 15 is 0 Å². The summed E-state index contributed by atoms with van der Waals surface area (Å²) in [6.45, 7) is 6.03. The molecule has 0 aromatic heterocycles. The van der Waals surface area contributed by atoms with Crippen molar-refractivity contribution in [1.29, 1.82) is 0 Å². The number of benzene rings is 1. The monoisotopic (exact) mass is 277 g/mol. The molecule has 0 unspecified atom stereocenters. The number of nitrogens with one attached hydrogen (secondary N) is 1. The Morgan fingerprint density at radius 2 is 1.95 bits per heavy atom. The van der Waals surface area contributed by atoms with Crippen LogP contribution in [0.1, 0.15) is 37.3 Å². The van der Waals surface area contributed by atoms with E-state index in [1.54, 1.807) is 0 Å². The minimum atomic E-state index is 0.141. The lowest BCUT2D eigenvalue weighted by molar-refractivity contribution is -0.121. The van der Waals surface area contributed by atoms with E-state index in [2.05, 4.69) is 19.2 Å². The van der Waals surface area contributed by atoms with Gasteiger partial charge in [-0.1, -0.05) is 13.3 Å². The topological polar surface area (TPSA) is 47.6 Å². The Hall–Kier alpha value is -1.71. The molecule has 1 aliphatic rings. The molecular weight excluding hydrogens is 254 g/mol. The molecular formula is C16H23NO3. The minimum absolute atomic E-state index is 0.141. The second-order valence-corrected chi connectivity index (χ2v) is 5.13. The van der Waals surface area contributed by atoms with Gasteiger partial charge in [0.25, 0.3) is 0 Å². The molecule has 4 nitrogen and oxygen atoms in total. The first-order valence-corrected chi connectivity index (χ1v) is 7.36. The van der Waals surface area contributed by atoms with Crippen molar-refractivity contribution < 1.29 is 14.3 Å². The zero-order valence-electron chi connectivity index (χ0n) is 12.3. The Balaban J connectivity index is 1.88. The Morgan fingerprint density at radius 1 is 1.25 bits per heavy atom. The first kappa shape index (κ1) is 14.7. The van der Waals surface area contributed by atoms with Crippen LogP contribution in [-0.4, -0.2) is 25.7 Å². The molecule has 0 aliphatic carbocycles. The molecule has 0 atom stereocenters. The smallest absolute Gasteiger partial charge is 0.220 e. The zero-order chi connectivity index (χ0) is 14.4. The van der Waals surface area contributed by atoms with Gasteiger partial charge in [-0.05, 0) is 43.0 Å². The molecule has 0 bridgehead atoms. The van der Waals surface area contributed by atoms with Crippen molar-refractivity contribution in [3.8, 4) is 11.5 Å². The van der Waals surface area contributed by atoms with E-state index in [0.29, 0.717) is 26.2 Å². The Labute approximate surface area is 120 Å². The Morgan fingerprint density at radius 3 is 2.65 bits per heavy atom. The number of ether oxygens (including phenoxy) is 2. The van der Waals surface area contributed by atoms with Crippen LogP contribution in [0.4, 0.5) is 0 Å². The maximum Gasteiger partial charge on any atom is 0.220 e. The van der Waals surface area contributed by atoms with Crippen molar-refractivity contribution in [2.45, 2.75) is 39.5 Å². The van der Waals surface area contributed by atoms with Crippen molar-refractivity contribution in [3.05, 3.63) is 23.3 Å². The Bertz CT molecular complexity index is 471.